The number of rotatable bonds is 22. The monoisotopic (exact) mass is 399 g/mol. The Kier molecular flexibility index (Phi) is 21.5. The Morgan fingerprint density at radius 2 is 0.786 bits per heavy atom. The highest BCUT2D eigenvalue weighted by Gasteiger charge is 2.12. The first-order valence-corrected chi connectivity index (χ1v) is 12.6. The Labute approximate surface area is 177 Å². The van der Waals surface area contributed by atoms with Crippen LogP contribution in [0.3, 0.4) is 0 Å². The fourth-order valence-electron chi connectivity index (χ4n) is 4.00. The van der Waals surface area contributed by atoms with Crippen LogP contribution in [-0.4, -0.2) is 47.5 Å². The average molecular weight is 400 g/mol. The number of aliphatic hydroxyl groups is 2. The van der Waals surface area contributed by atoms with Gasteiger partial charge in [0.15, 0.2) is 0 Å². The van der Waals surface area contributed by atoms with Crippen molar-refractivity contribution < 1.29 is 10.2 Å². The standard InChI is InChI=1S/C25H53NO2/c1-4-6-8-10-12-14-16-18-20-24(27)22-26(3)23-25(28)21-19-17-15-13-11-9-7-5-2/h24-25,27-28H,4-23H2,1-3H3. The Balaban J connectivity index is 3.48. The summed E-state index contributed by atoms with van der Waals surface area (Å²) < 4.78 is 0. The van der Waals surface area contributed by atoms with Crippen LogP contribution < -0.4 is 0 Å². The van der Waals surface area contributed by atoms with Gasteiger partial charge in [0.05, 0.1) is 12.2 Å². The van der Waals surface area contributed by atoms with Crippen LogP contribution >= 0.6 is 0 Å². The highest BCUT2D eigenvalue weighted by molar-refractivity contribution is 4.66. The van der Waals surface area contributed by atoms with Gasteiger partial charge in [0.2, 0.25) is 0 Å². The molecule has 0 fully saturated rings. The first kappa shape index (κ1) is 27.9. The lowest BCUT2D eigenvalue weighted by Gasteiger charge is -2.23. The second-order valence-electron chi connectivity index (χ2n) is 9.06. The molecule has 0 aromatic rings. The molecule has 2 atom stereocenters. The minimum Gasteiger partial charge on any atom is -0.392 e. The zero-order chi connectivity index (χ0) is 20.9. The predicted molar refractivity (Wildman–Crippen MR) is 124 cm³/mol. The highest BCUT2D eigenvalue weighted by Crippen LogP contribution is 2.13. The van der Waals surface area contributed by atoms with Crippen molar-refractivity contribution in [1.82, 2.24) is 4.90 Å². The van der Waals surface area contributed by atoms with Crippen LogP contribution in [0.15, 0.2) is 0 Å². The molecule has 0 aromatic heterocycles. The van der Waals surface area contributed by atoms with Crippen LogP contribution in [0.1, 0.15) is 129 Å². The molecule has 0 rings (SSSR count). The fraction of sp³-hybridized carbons (Fsp3) is 1.00. The van der Waals surface area contributed by atoms with Crippen molar-refractivity contribution in [3.63, 3.8) is 0 Å². The molecule has 0 radical (unpaired) electrons. The van der Waals surface area contributed by atoms with E-state index in [1.54, 1.807) is 0 Å². The molecule has 170 valence electrons. The molecule has 0 heterocycles. The van der Waals surface area contributed by atoms with E-state index in [9.17, 15) is 10.2 Å². The Morgan fingerprint density at radius 3 is 1.11 bits per heavy atom. The number of likely N-dealkylation sites (N-methyl/N-ethyl adjacent to an activating group) is 1. The van der Waals surface area contributed by atoms with E-state index in [0.717, 1.165) is 25.7 Å². The van der Waals surface area contributed by atoms with Gasteiger partial charge in [-0.1, -0.05) is 117 Å². The van der Waals surface area contributed by atoms with E-state index in [1.807, 2.05) is 7.05 Å². The molecule has 0 spiro atoms. The minimum absolute atomic E-state index is 0.250. The van der Waals surface area contributed by atoms with Gasteiger partial charge < -0.3 is 15.1 Å². The smallest absolute Gasteiger partial charge is 0.0667 e. The van der Waals surface area contributed by atoms with E-state index in [0.29, 0.717) is 13.1 Å². The lowest BCUT2D eigenvalue weighted by molar-refractivity contribution is 0.0737. The van der Waals surface area contributed by atoms with Gasteiger partial charge in [0, 0.05) is 13.1 Å². The van der Waals surface area contributed by atoms with E-state index in [2.05, 4.69) is 18.7 Å². The second-order valence-corrected chi connectivity index (χ2v) is 9.06. The number of unbranched alkanes of at least 4 members (excludes halogenated alkanes) is 14. The molecule has 2 N–H and O–H groups in total. The molecule has 0 aliphatic rings. The summed E-state index contributed by atoms with van der Waals surface area (Å²) in [5.74, 6) is 0. The maximum atomic E-state index is 10.2. The summed E-state index contributed by atoms with van der Waals surface area (Å²) in [4.78, 5) is 2.10. The molecule has 3 heteroatoms. The molecule has 0 amide bonds. The summed E-state index contributed by atoms with van der Waals surface area (Å²) >= 11 is 0. The van der Waals surface area contributed by atoms with Crippen molar-refractivity contribution in [1.29, 1.82) is 0 Å². The van der Waals surface area contributed by atoms with Crippen molar-refractivity contribution in [3.8, 4) is 0 Å². The van der Waals surface area contributed by atoms with Crippen molar-refractivity contribution >= 4 is 0 Å². The SMILES string of the molecule is CCCCCCCCCCC(O)CN(C)CC(O)CCCCCCCCCC. The van der Waals surface area contributed by atoms with Gasteiger partial charge in [-0.25, -0.2) is 0 Å². The van der Waals surface area contributed by atoms with Gasteiger partial charge >= 0.3 is 0 Å². The first-order chi connectivity index (χ1) is 13.6. The van der Waals surface area contributed by atoms with Gasteiger partial charge in [0.1, 0.15) is 0 Å². The maximum absolute atomic E-state index is 10.2. The molecule has 0 saturated heterocycles. The molecule has 0 bridgehead atoms. The lowest BCUT2D eigenvalue weighted by Crippen LogP contribution is -2.35. The molecule has 2 unspecified atom stereocenters. The molecule has 0 saturated carbocycles. The average Bonchev–Trinajstić information content (AvgIpc) is 2.65. The van der Waals surface area contributed by atoms with Crippen molar-refractivity contribution in [2.45, 2.75) is 142 Å². The van der Waals surface area contributed by atoms with E-state index in [1.165, 1.54) is 89.9 Å². The quantitative estimate of drug-likeness (QED) is 0.199. The van der Waals surface area contributed by atoms with Crippen molar-refractivity contribution in [3.05, 3.63) is 0 Å². The summed E-state index contributed by atoms with van der Waals surface area (Å²) in [5.41, 5.74) is 0. The van der Waals surface area contributed by atoms with Gasteiger partial charge in [0.25, 0.3) is 0 Å². The van der Waals surface area contributed by atoms with E-state index < -0.39 is 0 Å². The highest BCUT2D eigenvalue weighted by atomic mass is 16.3. The maximum Gasteiger partial charge on any atom is 0.0667 e. The summed E-state index contributed by atoms with van der Waals surface area (Å²) in [6.45, 7) is 5.89. The van der Waals surface area contributed by atoms with Gasteiger partial charge in [-0.15, -0.1) is 0 Å². The minimum atomic E-state index is -0.250. The van der Waals surface area contributed by atoms with Gasteiger partial charge in [-0.3, -0.25) is 0 Å². The van der Waals surface area contributed by atoms with Crippen LogP contribution in [-0.2, 0) is 0 Å². The topological polar surface area (TPSA) is 43.7 Å². The third-order valence-electron chi connectivity index (χ3n) is 5.83. The number of aliphatic hydroxyl groups excluding tert-OH is 2. The molecular formula is C25H53NO2. The third-order valence-corrected chi connectivity index (χ3v) is 5.83. The zero-order valence-electron chi connectivity index (χ0n) is 19.6. The Hall–Kier alpha value is -0.120. The molecule has 0 aliphatic carbocycles. The van der Waals surface area contributed by atoms with Crippen LogP contribution in [0.4, 0.5) is 0 Å². The van der Waals surface area contributed by atoms with Crippen LogP contribution in [0.2, 0.25) is 0 Å². The Morgan fingerprint density at radius 1 is 0.500 bits per heavy atom. The first-order valence-electron chi connectivity index (χ1n) is 12.6. The molecule has 0 aromatic carbocycles. The zero-order valence-corrected chi connectivity index (χ0v) is 19.6. The summed E-state index contributed by atoms with van der Waals surface area (Å²) in [6, 6.07) is 0. The van der Waals surface area contributed by atoms with E-state index >= 15 is 0 Å². The number of nitrogens with zero attached hydrogens (tertiary/aromatic N) is 1. The number of hydrogen-bond acceptors (Lipinski definition) is 3. The Bertz CT molecular complexity index is 270. The van der Waals surface area contributed by atoms with Crippen LogP contribution in [0.25, 0.3) is 0 Å². The van der Waals surface area contributed by atoms with Gasteiger partial charge in [-0.05, 0) is 19.9 Å². The van der Waals surface area contributed by atoms with Crippen LogP contribution in [0, 0.1) is 0 Å². The van der Waals surface area contributed by atoms with Crippen LogP contribution in [0.5, 0.6) is 0 Å². The normalized spacial score (nSPS) is 13.9. The molecule has 28 heavy (non-hydrogen) atoms. The fourth-order valence-corrected chi connectivity index (χ4v) is 4.00. The molecular weight excluding hydrogens is 346 g/mol. The second kappa shape index (κ2) is 21.6. The summed E-state index contributed by atoms with van der Waals surface area (Å²) in [6.07, 6.45) is 22.2. The number of hydrogen-bond donors (Lipinski definition) is 2. The van der Waals surface area contributed by atoms with Crippen molar-refractivity contribution in [2.24, 2.45) is 0 Å². The molecule has 0 aliphatic heterocycles. The van der Waals surface area contributed by atoms with E-state index in [4.69, 9.17) is 0 Å². The summed E-state index contributed by atoms with van der Waals surface area (Å²) in [5, 5.41) is 20.4. The van der Waals surface area contributed by atoms with E-state index in [-0.39, 0.29) is 12.2 Å². The third kappa shape index (κ3) is 20.6. The lowest BCUT2D eigenvalue weighted by atomic mass is 10.0. The predicted octanol–water partition coefficient (Wildman–Crippen LogP) is 6.70. The molecule has 3 nitrogen and oxygen atoms in total. The largest absolute Gasteiger partial charge is 0.392 e. The van der Waals surface area contributed by atoms with Gasteiger partial charge in [-0.2, -0.15) is 0 Å². The summed E-state index contributed by atoms with van der Waals surface area (Å²) in [7, 11) is 2.02. The van der Waals surface area contributed by atoms with Crippen molar-refractivity contribution in [2.75, 3.05) is 20.1 Å².